The molecule has 0 fully saturated rings. The largest absolute Gasteiger partial charge is 0.320 e. The third kappa shape index (κ3) is 2.48. The van der Waals surface area contributed by atoms with Crippen molar-refractivity contribution in [3.63, 3.8) is 0 Å². The van der Waals surface area contributed by atoms with E-state index in [0.29, 0.717) is 0 Å². The number of aromatic nitrogens is 1. The van der Waals surface area contributed by atoms with E-state index in [1.165, 1.54) is 12.3 Å². The minimum atomic E-state index is -0.589. The molecule has 1 aromatic carbocycles. The molecule has 2 aromatic rings. The van der Waals surface area contributed by atoms with Crippen LogP contribution in [0.25, 0.3) is 5.69 Å². The third-order valence-electron chi connectivity index (χ3n) is 3.23. The predicted molar refractivity (Wildman–Crippen MR) is 77.9 cm³/mol. The molecule has 3 N–H and O–H groups in total. The van der Waals surface area contributed by atoms with Crippen molar-refractivity contribution >= 4 is 5.91 Å². The Bertz CT molecular complexity index is 732. The monoisotopic (exact) mass is 271 g/mol. The van der Waals surface area contributed by atoms with E-state index in [9.17, 15) is 9.59 Å². The summed E-state index contributed by atoms with van der Waals surface area (Å²) in [7, 11) is 0. The smallest absolute Gasteiger partial charge is 0.270 e. The van der Waals surface area contributed by atoms with Crippen LogP contribution in [-0.2, 0) is 0 Å². The highest BCUT2D eigenvalue weighted by atomic mass is 16.2. The van der Waals surface area contributed by atoms with E-state index in [4.69, 9.17) is 5.84 Å². The number of nitrogens with one attached hydrogen (secondary N) is 1. The van der Waals surface area contributed by atoms with Gasteiger partial charge in [0.15, 0.2) is 5.43 Å². The molecular weight excluding hydrogens is 254 g/mol. The zero-order valence-corrected chi connectivity index (χ0v) is 11.7. The van der Waals surface area contributed by atoms with Crippen molar-refractivity contribution in [1.29, 1.82) is 0 Å². The lowest BCUT2D eigenvalue weighted by Crippen LogP contribution is -2.34. The number of nitrogen functional groups attached to an aromatic ring is 1. The summed E-state index contributed by atoms with van der Waals surface area (Å²) in [5.41, 5.74) is 5.59. The van der Waals surface area contributed by atoms with E-state index in [1.54, 1.807) is 0 Å². The van der Waals surface area contributed by atoms with Crippen molar-refractivity contribution in [2.24, 2.45) is 5.84 Å². The number of nitrogens with two attached hydrogens (primary N) is 1. The first kappa shape index (κ1) is 14.0. The fourth-order valence-electron chi connectivity index (χ4n) is 2.22. The second-order valence-electron chi connectivity index (χ2n) is 4.83. The van der Waals surface area contributed by atoms with Crippen LogP contribution in [0.1, 0.15) is 27.2 Å². The van der Waals surface area contributed by atoms with Crippen molar-refractivity contribution in [2.75, 3.05) is 0 Å². The first-order valence-corrected chi connectivity index (χ1v) is 6.26. The highest BCUT2D eigenvalue weighted by Crippen LogP contribution is 2.17. The van der Waals surface area contributed by atoms with E-state index in [-0.39, 0.29) is 11.0 Å². The van der Waals surface area contributed by atoms with Crippen LogP contribution in [0.4, 0.5) is 0 Å². The zero-order valence-electron chi connectivity index (χ0n) is 11.7. The molecule has 104 valence electrons. The molecule has 0 spiro atoms. The average molecular weight is 271 g/mol. The first-order chi connectivity index (χ1) is 9.43. The van der Waals surface area contributed by atoms with Gasteiger partial charge in [0.05, 0.1) is 0 Å². The molecule has 0 atom stereocenters. The van der Waals surface area contributed by atoms with E-state index in [0.717, 1.165) is 22.5 Å². The van der Waals surface area contributed by atoms with Gasteiger partial charge < -0.3 is 4.57 Å². The van der Waals surface area contributed by atoms with Gasteiger partial charge in [-0.15, -0.1) is 0 Å². The summed E-state index contributed by atoms with van der Waals surface area (Å²) in [5, 5.41) is 0. The summed E-state index contributed by atoms with van der Waals surface area (Å²) in [6.45, 7) is 5.83. The Morgan fingerprint density at radius 1 is 1.20 bits per heavy atom. The predicted octanol–water partition coefficient (Wildman–Crippen LogP) is 1.37. The lowest BCUT2D eigenvalue weighted by molar-refractivity contribution is 0.0952. The Balaban J connectivity index is 2.68. The summed E-state index contributed by atoms with van der Waals surface area (Å²) in [6, 6.07) is 7.44. The average Bonchev–Trinajstić information content (AvgIpc) is 2.39. The van der Waals surface area contributed by atoms with Gasteiger partial charge in [-0.25, -0.2) is 5.84 Å². The number of carbonyl (C=O) groups is 1. The number of carbonyl (C=O) groups excluding carboxylic acids is 1. The molecule has 5 nitrogen and oxygen atoms in total. The van der Waals surface area contributed by atoms with E-state index in [2.05, 4.69) is 6.07 Å². The Kier molecular flexibility index (Phi) is 3.72. The first-order valence-electron chi connectivity index (χ1n) is 6.26. The van der Waals surface area contributed by atoms with Crippen LogP contribution < -0.4 is 16.7 Å². The molecule has 1 aromatic heterocycles. The maximum atomic E-state index is 11.8. The summed E-state index contributed by atoms with van der Waals surface area (Å²) < 4.78 is 1.82. The molecule has 2 rings (SSSR count). The topological polar surface area (TPSA) is 77.1 Å². The molecule has 0 aliphatic heterocycles. The minimum Gasteiger partial charge on any atom is -0.320 e. The van der Waals surface area contributed by atoms with Crippen molar-refractivity contribution < 1.29 is 4.79 Å². The third-order valence-corrected chi connectivity index (χ3v) is 3.23. The lowest BCUT2D eigenvalue weighted by Gasteiger charge is -2.15. The molecule has 1 amide bonds. The molecule has 0 radical (unpaired) electrons. The number of aryl methyl sites for hydroxylation is 3. The fourth-order valence-corrected chi connectivity index (χ4v) is 2.22. The molecule has 0 bridgehead atoms. The number of rotatable bonds is 2. The van der Waals surface area contributed by atoms with Crippen LogP contribution in [0.2, 0.25) is 0 Å². The van der Waals surface area contributed by atoms with Crippen LogP contribution in [0, 0.1) is 20.8 Å². The summed E-state index contributed by atoms with van der Waals surface area (Å²) in [6.07, 6.45) is 1.53. The number of amides is 1. The standard InChI is InChI=1S/C15H17N3O2/c1-9-4-5-13(10(2)6-9)18-8-12(15(20)17-16)14(19)7-11(18)3/h4-8H,16H2,1-3H3,(H,17,20). The molecule has 0 saturated heterocycles. The van der Waals surface area contributed by atoms with Crippen LogP contribution in [-0.4, -0.2) is 10.5 Å². The normalized spacial score (nSPS) is 10.4. The van der Waals surface area contributed by atoms with Gasteiger partial charge in [-0.2, -0.15) is 0 Å². The van der Waals surface area contributed by atoms with E-state index >= 15 is 0 Å². The number of benzene rings is 1. The second-order valence-corrected chi connectivity index (χ2v) is 4.83. The number of hydrogen-bond acceptors (Lipinski definition) is 3. The van der Waals surface area contributed by atoms with E-state index < -0.39 is 5.91 Å². The highest BCUT2D eigenvalue weighted by Gasteiger charge is 2.12. The number of pyridine rings is 1. The number of hydrogen-bond donors (Lipinski definition) is 2. The van der Waals surface area contributed by atoms with Crippen molar-refractivity contribution in [2.45, 2.75) is 20.8 Å². The number of nitrogens with zero attached hydrogens (tertiary/aromatic N) is 1. The Morgan fingerprint density at radius 3 is 2.50 bits per heavy atom. The minimum absolute atomic E-state index is 0.0260. The Labute approximate surface area is 117 Å². The van der Waals surface area contributed by atoms with Gasteiger partial charge in [0, 0.05) is 23.6 Å². The van der Waals surface area contributed by atoms with Crippen LogP contribution in [0.5, 0.6) is 0 Å². The fraction of sp³-hybridized carbons (Fsp3) is 0.200. The van der Waals surface area contributed by atoms with Crippen LogP contribution >= 0.6 is 0 Å². The van der Waals surface area contributed by atoms with Gasteiger partial charge in [-0.3, -0.25) is 15.0 Å². The van der Waals surface area contributed by atoms with Gasteiger partial charge in [0.25, 0.3) is 5.91 Å². The molecule has 1 heterocycles. The Hall–Kier alpha value is -2.40. The second kappa shape index (κ2) is 5.30. The van der Waals surface area contributed by atoms with Gasteiger partial charge in [0.2, 0.25) is 0 Å². The lowest BCUT2D eigenvalue weighted by atomic mass is 10.1. The molecule has 0 aliphatic carbocycles. The summed E-state index contributed by atoms with van der Waals surface area (Å²) in [4.78, 5) is 23.5. The van der Waals surface area contributed by atoms with Gasteiger partial charge in [0.1, 0.15) is 5.56 Å². The quantitative estimate of drug-likeness (QED) is 0.492. The van der Waals surface area contributed by atoms with Crippen molar-refractivity contribution in [3.8, 4) is 5.69 Å². The van der Waals surface area contributed by atoms with Gasteiger partial charge in [-0.1, -0.05) is 17.7 Å². The van der Waals surface area contributed by atoms with Gasteiger partial charge >= 0.3 is 0 Å². The highest BCUT2D eigenvalue weighted by molar-refractivity contribution is 5.93. The summed E-state index contributed by atoms with van der Waals surface area (Å²) >= 11 is 0. The summed E-state index contributed by atoms with van der Waals surface area (Å²) in [5.74, 6) is 4.51. The molecule has 0 saturated carbocycles. The SMILES string of the molecule is Cc1ccc(-n2cc(C(=O)NN)c(=O)cc2C)c(C)c1. The van der Waals surface area contributed by atoms with Crippen LogP contribution in [0.3, 0.4) is 0 Å². The maximum Gasteiger partial charge on any atom is 0.270 e. The van der Waals surface area contributed by atoms with E-state index in [1.807, 2.05) is 42.9 Å². The molecule has 0 unspecified atom stereocenters. The molecule has 0 aliphatic rings. The maximum absolute atomic E-state index is 11.8. The van der Waals surface area contributed by atoms with Gasteiger partial charge in [-0.05, 0) is 32.4 Å². The molecular formula is C15H17N3O2. The Morgan fingerprint density at radius 2 is 1.90 bits per heavy atom. The molecule has 5 heteroatoms. The molecule has 20 heavy (non-hydrogen) atoms. The van der Waals surface area contributed by atoms with Crippen LogP contribution in [0.15, 0.2) is 35.3 Å². The van der Waals surface area contributed by atoms with Crippen molar-refractivity contribution in [3.05, 3.63) is 63.1 Å². The number of hydrazine groups is 1. The van der Waals surface area contributed by atoms with Crippen molar-refractivity contribution in [1.82, 2.24) is 9.99 Å². The zero-order chi connectivity index (χ0) is 14.9.